The molecule has 0 spiro atoms. The van der Waals surface area contributed by atoms with Crippen LogP contribution >= 0.6 is 0 Å². The first kappa shape index (κ1) is 15.5. The number of aliphatic carboxylic acids is 1. The molecule has 0 radical (unpaired) electrons. The number of anilines is 1. The summed E-state index contributed by atoms with van der Waals surface area (Å²) in [5.41, 5.74) is 0.825. The number of hydrogen-bond acceptors (Lipinski definition) is 3. The van der Waals surface area contributed by atoms with Crippen LogP contribution in [0.3, 0.4) is 0 Å². The molecular formula is C16H22N2O3. The van der Waals surface area contributed by atoms with Gasteiger partial charge in [-0.2, -0.15) is 0 Å². The highest BCUT2D eigenvalue weighted by Crippen LogP contribution is 2.19. The molecule has 114 valence electrons. The Morgan fingerprint density at radius 1 is 1.29 bits per heavy atom. The van der Waals surface area contributed by atoms with E-state index in [0.717, 1.165) is 38.2 Å². The van der Waals surface area contributed by atoms with Gasteiger partial charge < -0.3 is 15.3 Å². The van der Waals surface area contributed by atoms with Crippen molar-refractivity contribution in [1.29, 1.82) is 0 Å². The van der Waals surface area contributed by atoms with E-state index in [1.807, 2.05) is 30.3 Å². The van der Waals surface area contributed by atoms with Crippen LogP contribution in [0, 0.1) is 5.92 Å². The standard InChI is InChI=1S/C16H22N2O3/c19-15(20)9-5-11-18-10-4-6-13(12-18)16(21)17-14-7-2-1-3-8-14/h1-3,7-8,13H,4-6,9-12H2,(H,17,21)(H,19,20)/t13-/m0/s1. The maximum atomic E-state index is 12.3. The first-order valence-corrected chi connectivity index (χ1v) is 7.45. The van der Waals surface area contributed by atoms with Gasteiger partial charge in [0.2, 0.25) is 5.91 Å². The quantitative estimate of drug-likeness (QED) is 0.842. The van der Waals surface area contributed by atoms with Crippen molar-refractivity contribution in [1.82, 2.24) is 4.90 Å². The largest absolute Gasteiger partial charge is 0.481 e. The Balaban J connectivity index is 1.80. The summed E-state index contributed by atoms with van der Waals surface area (Å²) in [7, 11) is 0. The number of carbonyl (C=O) groups is 2. The highest BCUT2D eigenvalue weighted by molar-refractivity contribution is 5.92. The van der Waals surface area contributed by atoms with Crippen LogP contribution in [0.15, 0.2) is 30.3 Å². The number of benzene rings is 1. The van der Waals surface area contributed by atoms with Crippen LogP contribution < -0.4 is 5.32 Å². The number of amides is 1. The van der Waals surface area contributed by atoms with Gasteiger partial charge in [-0.1, -0.05) is 18.2 Å². The summed E-state index contributed by atoms with van der Waals surface area (Å²) in [6.45, 7) is 2.43. The van der Waals surface area contributed by atoms with Crippen molar-refractivity contribution in [2.45, 2.75) is 25.7 Å². The van der Waals surface area contributed by atoms with E-state index in [-0.39, 0.29) is 18.2 Å². The van der Waals surface area contributed by atoms with Gasteiger partial charge in [-0.3, -0.25) is 9.59 Å². The molecule has 1 aromatic rings. The zero-order valence-electron chi connectivity index (χ0n) is 12.1. The van der Waals surface area contributed by atoms with Gasteiger partial charge in [0.25, 0.3) is 0 Å². The van der Waals surface area contributed by atoms with Crippen LogP contribution in [0.25, 0.3) is 0 Å². The second kappa shape index (κ2) is 7.78. The van der Waals surface area contributed by atoms with Crippen LogP contribution in [0.5, 0.6) is 0 Å². The molecule has 1 aliphatic rings. The van der Waals surface area contributed by atoms with E-state index in [4.69, 9.17) is 5.11 Å². The van der Waals surface area contributed by atoms with Crippen LogP contribution in [-0.4, -0.2) is 41.5 Å². The minimum Gasteiger partial charge on any atom is -0.481 e. The van der Waals surface area contributed by atoms with Crippen molar-refractivity contribution in [3.63, 3.8) is 0 Å². The zero-order valence-corrected chi connectivity index (χ0v) is 12.1. The van der Waals surface area contributed by atoms with Gasteiger partial charge in [0.05, 0.1) is 5.92 Å². The highest BCUT2D eigenvalue weighted by atomic mass is 16.4. The first-order chi connectivity index (χ1) is 10.1. The normalized spacial score (nSPS) is 19.1. The number of carboxylic acids is 1. The van der Waals surface area contributed by atoms with Gasteiger partial charge >= 0.3 is 5.97 Å². The van der Waals surface area contributed by atoms with Crippen LogP contribution in [0.1, 0.15) is 25.7 Å². The monoisotopic (exact) mass is 290 g/mol. The van der Waals surface area contributed by atoms with E-state index in [9.17, 15) is 9.59 Å². The van der Waals surface area contributed by atoms with Gasteiger partial charge in [-0.05, 0) is 44.5 Å². The third kappa shape index (κ3) is 5.19. The summed E-state index contributed by atoms with van der Waals surface area (Å²) in [4.78, 5) is 25.0. The highest BCUT2D eigenvalue weighted by Gasteiger charge is 2.25. The number of nitrogens with one attached hydrogen (secondary N) is 1. The lowest BCUT2D eigenvalue weighted by molar-refractivity contribution is -0.137. The minimum atomic E-state index is -0.759. The minimum absolute atomic E-state index is 0.0104. The number of hydrogen-bond donors (Lipinski definition) is 2. The Labute approximate surface area is 125 Å². The summed E-state index contributed by atoms with van der Waals surface area (Å²) < 4.78 is 0. The molecule has 0 aromatic heterocycles. The van der Waals surface area contributed by atoms with E-state index < -0.39 is 5.97 Å². The fourth-order valence-electron chi connectivity index (χ4n) is 2.69. The molecule has 0 unspecified atom stereocenters. The Hall–Kier alpha value is -1.88. The summed E-state index contributed by atoms with van der Waals surface area (Å²) >= 11 is 0. The molecule has 1 fully saturated rings. The molecule has 2 N–H and O–H groups in total. The van der Waals surface area contributed by atoms with E-state index in [2.05, 4.69) is 10.2 Å². The SMILES string of the molecule is O=C(O)CCCN1CCC[C@H](C(=O)Nc2ccccc2)C1. The van der Waals surface area contributed by atoms with Crippen molar-refractivity contribution in [3.8, 4) is 0 Å². The average molecular weight is 290 g/mol. The number of para-hydroxylation sites is 1. The average Bonchev–Trinajstić information content (AvgIpc) is 2.48. The molecule has 0 saturated carbocycles. The lowest BCUT2D eigenvalue weighted by Gasteiger charge is -2.31. The number of carboxylic acid groups (broad SMARTS) is 1. The third-order valence-corrected chi connectivity index (χ3v) is 3.78. The van der Waals surface area contributed by atoms with Gasteiger partial charge in [0.1, 0.15) is 0 Å². The Kier molecular flexibility index (Phi) is 5.75. The van der Waals surface area contributed by atoms with E-state index >= 15 is 0 Å². The molecule has 2 rings (SSSR count). The van der Waals surface area contributed by atoms with Crippen LogP contribution in [-0.2, 0) is 9.59 Å². The summed E-state index contributed by atoms with van der Waals surface area (Å²) in [5.74, 6) is -0.710. The topological polar surface area (TPSA) is 69.6 Å². The molecule has 1 heterocycles. The molecule has 1 aliphatic heterocycles. The lowest BCUT2D eigenvalue weighted by Crippen LogP contribution is -2.41. The van der Waals surface area contributed by atoms with Crippen LogP contribution in [0.2, 0.25) is 0 Å². The molecular weight excluding hydrogens is 268 g/mol. The fourth-order valence-corrected chi connectivity index (χ4v) is 2.69. The smallest absolute Gasteiger partial charge is 0.303 e. The predicted molar refractivity (Wildman–Crippen MR) is 81.1 cm³/mol. The molecule has 0 bridgehead atoms. The number of piperidine rings is 1. The number of likely N-dealkylation sites (tertiary alicyclic amines) is 1. The molecule has 1 aromatic carbocycles. The second-order valence-corrected chi connectivity index (χ2v) is 5.49. The molecule has 5 heteroatoms. The Morgan fingerprint density at radius 2 is 2.05 bits per heavy atom. The van der Waals surface area contributed by atoms with Crippen molar-refractivity contribution >= 4 is 17.6 Å². The molecule has 1 amide bonds. The number of rotatable bonds is 6. The van der Waals surface area contributed by atoms with Gasteiger partial charge in [0.15, 0.2) is 0 Å². The van der Waals surface area contributed by atoms with Crippen LogP contribution in [0.4, 0.5) is 5.69 Å². The maximum absolute atomic E-state index is 12.3. The van der Waals surface area contributed by atoms with Crippen molar-refractivity contribution < 1.29 is 14.7 Å². The summed E-state index contributed by atoms with van der Waals surface area (Å²) in [6, 6.07) is 9.47. The second-order valence-electron chi connectivity index (χ2n) is 5.49. The van der Waals surface area contributed by atoms with Crippen molar-refractivity contribution in [3.05, 3.63) is 30.3 Å². The summed E-state index contributed by atoms with van der Waals surface area (Å²) in [6.07, 6.45) is 2.72. The Morgan fingerprint density at radius 3 is 2.76 bits per heavy atom. The van der Waals surface area contributed by atoms with E-state index in [1.54, 1.807) is 0 Å². The van der Waals surface area contributed by atoms with Gasteiger partial charge in [0, 0.05) is 18.7 Å². The summed E-state index contributed by atoms with van der Waals surface area (Å²) in [5, 5.41) is 11.6. The molecule has 5 nitrogen and oxygen atoms in total. The van der Waals surface area contributed by atoms with E-state index in [1.165, 1.54) is 0 Å². The lowest BCUT2D eigenvalue weighted by atomic mass is 9.96. The van der Waals surface area contributed by atoms with Gasteiger partial charge in [-0.15, -0.1) is 0 Å². The molecule has 0 aliphatic carbocycles. The van der Waals surface area contributed by atoms with Crippen molar-refractivity contribution in [2.24, 2.45) is 5.92 Å². The molecule has 21 heavy (non-hydrogen) atoms. The number of nitrogens with zero attached hydrogens (tertiary/aromatic N) is 1. The fraction of sp³-hybridized carbons (Fsp3) is 0.500. The van der Waals surface area contributed by atoms with Crippen molar-refractivity contribution in [2.75, 3.05) is 25.0 Å². The van der Waals surface area contributed by atoms with Gasteiger partial charge in [-0.25, -0.2) is 0 Å². The maximum Gasteiger partial charge on any atom is 0.303 e. The first-order valence-electron chi connectivity index (χ1n) is 7.45. The predicted octanol–water partition coefficient (Wildman–Crippen LogP) is 2.20. The third-order valence-electron chi connectivity index (χ3n) is 3.78. The molecule has 1 atom stereocenters. The number of carbonyl (C=O) groups excluding carboxylic acids is 1. The molecule has 1 saturated heterocycles. The zero-order chi connectivity index (χ0) is 15.1. The van der Waals surface area contributed by atoms with E-state index in [0.29, 0.717) is 6.42 Å². The Bertz CT molecular complexity index is 476.